The first kappa shape index (κ1) is 23.3. The van der Waals surface area contributed by atoms with Crippen molar-refractivity contribution in [3.05, 3.63) is 29.8 Å². The van der Waals surface area contributed by atoms with Crippen LogP contribution in [0.4, 0.5) is 5.69 Å². The fourth-order valence-electron chi connectivity index (χ4n) is 3.97. The molecular weight excluding hydrogens is 370 g/mol. The predicted molar refractivity (Wildman–Crippen MR) is 114 cm³/mol. The van der Waals surface area contributed by atoms with Gasteiger partial charge in [0.2, 0.25) is 5.91 Å². The number of carboxylic acid groups (broad SMARTS) is 1. The summed E-state index contributed by atoms with van der Waals surface area (Å²) in [7, 11) is 0. The number of aliphatic hydroxyl groups excluding tert-OH is 1. The maximum atomic E-state index is 12.9. The molecule has 0 spiro atoms. The van der Waals surface area contributed by atoms with Crippen LogP contribution in [-0.2, 0) is 9.59 Å². The van der Waals surface area contributed by atoms with Crippen LogP contribution in [0.1, 0.15) is 45.6 Å². The predicted octanol–water partition coefficient (Wildman–Crippen LogP) is 2.00. The summed E-state index contributed by atoms with van der Waals surface area (Å²) in [6, 6.07) is 7.20. The second-order valence-electron chi connectivity index (χ2n) is 8.75. The lowest BCUT2D eigenvalue weighted by Crippen LogP contribution is -2.64. The fourth-order valence-corrected chi connectivity index (χ4v) is 3.97. The molecule has 0 saturated carbocycles. The highest BCUT2D eigenvalue weighted by molar-refractivity contribution is 5.96. The number of carboxylic acids is 1. The van der Waals surface area contributed by atoms with Gasteiger partial charge in [-0.3, -0.25) is 14.5 Å². The second kappa shape index (κ2) is 9.69. The number of nitrogens with two attached hydrogens (primary N) is 1. The average Bonchev–Trinajstić information content (AvgIpc) is 2.64. The molecule has 1 heterocycles. The van der Waals surface area contributed by atoms with E-state index in [-0.39, 0.29) is 24.4 Å². The molecule has 1 aliphatic heterocycles. The third kappa shape index (κ3) is 5.78. The van der Waals surface area contributed by atoms with E-state index in [0.717, 1.165) is 17.7 Å². The van der Waals surface area contributed by atoms with Gasteiger partial charge in [-0.25, -0.2) is 0 Å². The first-order valence-corrected chi connectivity index (χ1v) is 10.3. The normalized spacial score (nSPS) is 20.3. The number of anilines is 1. The van der Waals surface area contributed by atoms with Gasteiger partial charge < -0.3 is 20.8 Å². The lowest BCUT2D eigenvalue weighted by atomic mass is 9.92. The van der Waals surface area contributed by atoms with Crippen molar-refractivity contribution in [2.45, 2.75) is 64.6 Å². The number of aryl methyl sites for hydroxylation is 1. The number of carbonyl (C=O) groups excluding carboxylic acids is 1. The zero-order chi connectivity index (χ0) is 21.8. The van der Waals surface area contributed by atoms with Crippen LogP contribution in [0.5, 0.6) is 0 Å². The summed E-state index contributed by atoms with van der Waals surface area (Å²) < 4.78 is 0. The summed E-state index contributed by atoms with van der Waals surface area (Å²) in [6.45, 7) is 9.09. The summed E-state index contributed by atoms with van der Waals surface area (Å²) in [5.41, 5.74) is 7.85. The molecule has 7 nitrogen and oxygen atoms in total. The Morgan fingerprint density at radius 3 is 2.55 bits per heavy atom. The highest BCUT2D eigenvalue weighted by Gasteiger charge is 2.40. The number of benzene rings is 1. The Morgan fingerprint density at radius 1 is 1.31 bits per heavy atom. The van der Waals surface area contributed by atoms with E-state index in [4.69, 9.17) is 5.73 Å². The van der Waals surface area contributed by atoms with Crippen LogP contribution >= 0.6 is 0 Å². The Kier molecular flexibility index (Phi) is 7.80. The zero-order valence-electron chi connectivity index (χ0n) is 18.0. The lowest BCUT2D eigenvalue weighted by Gasteiger charge is -2.48. The molecule has 0 aromatic heterocycles. The van der Waals surface area contributed by atoms with Crippen molar-refractivity contribution in [3.63, 3.8) is 0 Å². The van der Waals surface area contributed by atoms with Crippen LogP contribution in [0.25, 0.3) is 0 Å². The minimum absolute atomic E-state index is 0.00490. The molecule has 1 aromatic rings. The minimum atomic E-state index is -0.928. The summed E-state index contributed by atoms with van der Waals surface area (Å²) >= 11 is 0. The molecule has 0 bridgehead atoms. The monoisotopic (exact) mass is 405 g/mol. The Balaban J connectivity index is 2.05. The van der Waals surface area contributed by atoms with Gasteiger partial charge >= 0.3 is 5.97 Å². The van der Waals surface area contributed by atoms with E-state index in [9.17, 15) is 19.8 Å². The molecular formula is C22H35N3O4. The van der Waals surface area contributed by atoms with Crippen molar-refractivity contribution in [2.75, 3.05) is 24.5 Å². The van der Waals surface area contributed by atoms with Gasteiger partial charge in [0.05, 0.1) is 18.6 Å². The first-order chi connectivity index (χ1) is 13.6. The smallest absolute Gasteiger partial charge is 0.306 e. The Morgan fingerprint density at radius 2 is 1.97 bits per heavy atom. The molecule has 1 amide bonds. The number of hydrogen-bond acceptors (Lipinski definition) is 5. The summed E-state index contributed by atoms with van der Waals surface area (Å²) in [5, 5.41) is 19.8. The molecule has 162 valence electrons. The quantitative estimate of drug-likeness (QED) is 0.580. The summed E-state index contributed by atoms with van der Waals surface area (Å²) in [6.07, 6.45) is 0.449. The van der Waals surface area contributed by atoms with Crippen molar-refractivity contribution < 1.29 is 19.8 Å². The van der Waals surface area contributed by atoms with Gasteiger partial charge in [0.15, 0.2) is 0 Å². The average molecular weight is 406 g/mol. The number of para-hydroxylation sites is 1. The number of rotatable bonds is 9. The number of aliphatic carboxylic acids is 1. The molecule has 1 aromatic carbocycles. The zero-order valence-corrected chi connectivity index (χ0v) is 18.0. The largest absolute Gasteiger partial charge is 0.481 e. The molecule has 29 heavy (non-hydrogen) atoms. The third-order valence-electron chi connectivity index (χ3n) is 5.87. The van der Waals surface area contributed by atoms with Gasteiger partial charge in [0.1, 0.15) is 0 Å². The van der Waals surface area contributed by atoms with Gasteiger partial charge in [-0.15, -0.1) is 0 Å². The Labute approximate surface area is 173 Å². The number of hydrogen-bond donors (Lipinski definition) is 3. The van der Waals surface area contributed by atoms with Crippen LogP contribution in [0.3, 0.4) is 0 Å². The van der Waals surface area contributed by atoms with Gasteiger partial charge in [-0.1, -0.05) is 31.5 Å². The lowest BCUT2D eigenvalue weighted by molar-refractivity contribution is -0.143. The van der Waals surface area contributed by atoms with E-state index in [2.05, 4.69) is 13.8 Å². The van der Waals surface area contributed by atoms with Crippen molar-refractivity contribution in [3.8, 4) is 0 Å². The highest BCUT2D eigenvalue weighted by atomic mass is 16.4. The first-order valence-electron chi connectivity index (χ1n) is 10.3. The standard InChI is InChI=1S/C22H35N3O4/c1-5-8-16(21(28)29)11-19(26)17(23)12-24-13-20(27)25(14-22(24,3)4)18-10-7-6-9-15(18)2/h6-7,9-10,16-17,19,26H,5,8,11-14,23H2,1-4H3,(H,28,29)/t16-,17+,19+/m1/s1. The van der Waals surface area contributed by atoms with E-state index >= 15 is 0 Å². The molecule has 1 aliphatic rings. The Bertz CT molecular complexity index is 722. The van der Waals surface area contributed by atoms with Gasteiger partial charge in [-0.05, 0) is 45.2 Å². The molecule has 1 saturated heterocycles. The second-order valence-corrected chi connectivity index (χ2v) is 8.75. The van der Waals surface area contributed by atoms with Crippen molar-refractivity contribution >= 4 is 17.6 Å². The molecule has 0 unspecified atom stereocenters. The van der Waals surface area contributed by atoms with Crippen molar-refractivity contribution in [1.82, 2.24) is 4.90 Å². The van der Waals surface area contributed by atoms with Gasteiger partial charge in [0, 0.05) is 30.4 Å². The Hall–Kier alpha value is -1.96. The van der Waals surface area contributed by atoms with Crippen molar-refractivity contribution in [2.24, 2.45) is 11.7 Å². The molecule has 2 rings (SSSR count). The molecule has 3 atom stereocenters. The molecule has 0 radical (unpaired) electrons. The molecule has 7 heteroatoms. The number of piperazine rings is 1. The minimum Gasteiger partial charge on any atom is -0.481 e. The van der Waals surface area contributed by atoms with Crippen LogP contribution in [-0.4, -0.2) is 64.3 Å². The maximum absolute atomic E-state index is 12.9. The number of aliphatic hydroxyl groups is 1. The molecule has 1 fully saturated rings. The third-order valence-corrected chi connectivity index (χ3v) is 5.87. The fraction of sp³-hybridized carbons (Fsp3) is 0.636. The number of carbonyl (C=O) groups is 2. The SMILES string of the molecule is CCC[C@H](C[C@H](O)[C@@H](N)CN1CC(=O)N(c2ccccc2C)CC1(C)C)C(=O)O. The maximum Gasteiger partial charge on any atom is 0.306 e. The van der Waals surface area contributed by atoms with E-state index in [1.54, 1.807) is 0 Å². The van der Waals surface area contributed by atoms with Gasteiger partial charge in [0.25, 0.3) is 0 Å². The van der Waals surface area contributed by atoms with E-state index < -0.39 is 24.0 Å². The number of nitrogens with zero attached hydrogens (tertiary/aromatic N) is 2. The van der Waals surface area contributed by atoms with Crippen LogP contribution in [0.2, 0.25) is 0 Å². The number of amides is 1. The molecule has 4 N–H and O–H groups in total. The van der Waals surface area contributed by atoms with E-state index in [1.807, 2.05) is 47.9 Å². The van der Waals surface area contributed by atoms with E-state index in [1.165, 1.54) is 0 Å². The highest BCUT2D eigenvalue weighted by Crippen LogP contribution is 2.29. The molecule has 0 aliphatic carbocycles. The van der Waals surface area contributed by atoms with Crippen LogP contribution in [0, 0.1) is 12.8 Å². The van der Waals surface area contributed by atoms with Crippen LogP contribution < -0.4 is 10.6 Å². The van der Waals surface area contributed by atoms with Crippen LogP contribution in [0.15, 0.2) is 24.3 Å². The van der Waals surface area contributed by atoms with Crippen molar-refractivity contribution in [1.29, 1.82) is 0 Å². The topological polar surface area (TPSA) is 107 Å². The van der Waals surface area contributed by atoms with E-state index in [0.29, 0.717) is 19.5 Å². The summed E-state index contributed by atoms with van der Waals surface area (Å²) in [4.78, 5) is 28.0. The summed E-state index contributed by atoms with van der Waals surface area (Å²) in [5.74, 6) is -1.51. The van der Waals surface area contributed by atoms with Gasteiger partial charge in [-0.2, -0.15) is 0 Å².